The molecule has 0 aromatic heterocycles. The second-order valence-corrected chi connectivity index (χ2v) is 5.05. The van der Waals surface area contributed by atoms with Crippen molar-refractivity contribution in [1.29, 1.82) is 0 Å². The maximum atomic E-state index is 11.8. The Hall–Kier alpha value is -1.55. The Bertz CT molecular complexity index is 419. The summed E-state index contributed by atoms with van der Waals surface area (Å²) in [5.41, 5.74) is 8.16. The average molecular weight is 278 g/mol. The predicted molar refractivity (Wildman–Crippen MR) is 83.8 cm³/mol. The third-order valence-corrected chi connectivity index (χ3v) is 3.14. The SMILES string of the molecule is CCCCCCOCCC(=O)Nc1ccc(N)cc1C. The number of hydrogen-bond donors (Lipinski definition) is 2. The fourth-order valence-electron chi connectivity index (χ4n) is 1.94. The molecule has 20 heavy (non-hydrogen) atoms. The summed E-state index contributed by atoms with van der Waals surface area (Å²) >= 11 is 0. The van der Waals surface area contributed by atoms with Crippen molar-refractivity contribution < 1.29 is 9.53 Å². The second-order valence-electron chi connectivity index (χ2n) is 5.05. The van der Waals surface area contributed by atoms with Gasteiger partial charge in [0.15, 0.2) is 0 Å². The molecule has 0 saturated carbocycles. The predicted octanol–water partition coefficient (Wildman–Crippen LogP) is 3.50. The first kappa shape index (κ1) is 16.5. The second kappa shape index (κ2) is 9.37. The lowest BCUT2D eigenvalue weighted by Crippen LogP contribution is -2.15. The molecule has 0 aliphatic heterocycles. The minimum Gasteiger partial charge on any atom is -0.399 e. The van der Waals surface area contributed by atoms with Crippen molar-refractivity contribution in [1.82, 2.24) is 0 Å². The van der Waals surface area contributed by atoms with Gasteiger partial charge in [-0.3, -0.25) is 4.79 Å². The van der Waals surface area contributed by atoms with Gasteiger partial charge >= 0.3 is 0 Å². The molecule has 1 aromatic carbocycles. The Morgan fingerprint density at radius 1 is 1.25 bits per heavy atom. The molecular weight excluding hydrogens is 252 g/mol. The number of nitrogens with one attached hydrogen (secondary N) is 1. The molecule has 1 aromatic rings. The van der Waals surface area contributed by atoms with E-state index in [1.807, 2.05) is 19.1 Å². The highest BCUT2D eigenvalue weighted by atomic mass is 16.5. The first-order valence-electron chi connectivity index (χ1n) is 7.37. The summed E-state index contributed by atoms with van der Waals surface area (Å²) in [7, 11) is 0. The van der Waals surface area contributed by atoms with E-state index in [0.717, 1.165) is 24.3 Å². The molecule has 0 aliphatic rings. The van der Waals surface area contributed by atoms with Crippen LogP contribution in [0, 0.1) is 6.92 Å². The normalized spacial score (nSPS) is 10.5. The molecule has 4 nitrogen and oxygen atoms in total. The number of carbonyl (C=O) groups is 1. The van der Waals surface area contributed by atoms with Gasteiger partial charge in [-0.05, 0) is 37.1 Å². The number of benzene rings is 1. The van der Waals surface area contributed by atoms with Crippen LogP contribution < -0.4 is 11.1 Å². The van der Waals surface area contributed by atoms with Crippen molar-refractivity contribution in [2.45, 2.75) is 46.0 Å². The van der Waals surface area contributed by atoms with Crippen LogP contribution in [0.5, 0.6) is 0 Å². The zero-order valence-electron chi connectivity index (χ0n) is 12.6. The van der Waals surface area contributed by atoms with E-state index in [4.69, 9.17) is 10.5 Å². The number of unbranched alkanes of at least 4 members (excludes halogenated alkanes) is 3. The summed E-state index contributed by atoms with van der Waals surface area (Å²) in [6.45, 7) is 5.33. The maximum absolute atomic E-state index is 11.8. The summed E-state index contributed by atoms with van der Waals surface area (Å²) in [6.07, 6.45) is 5.14. The van der Waals surface area contributed by atoms with E-state index in [0.29, 0.717) is 18.7 Å². The maximum Gasteiger partial charge on any atom is 0.226 e. The lowest BCUT2D eigenvalue weighted by molar-refractivity contribution is -0.117. The monoisotopic (exact) mass is 278 g/mol. The topological polar surface area (TPSA) is 64.3 Å². The van der Waals surface area contributed by atoms with Gasteiger partial charge in [-0.15, -0.1) is 0 Å². The molecule has 0 heterocycles. The molecule has 0 aliphatic carbocycles. The largest absolute Gasteiger partial charge is 0.399 e. The summed E-state index contributed by atoms with van der Waals surface area (Å²) in [5.74, 6) is -0.0218. The average Bonchev–Trinajstić information content (AvgIpc) is 2.41. The van der Waals surface area contributed by atoms with E-state index in [2.05, 4.69) is 12.2 Å². The zero-order chi connectivity index (χ0) is 14.8. The summed E-state index contributed by atoms with van der Waals surface area (Å²) in [5, 5.41) is 2.87. The van der Waals surface area contributed by atoms with Gasteiger partial charge in [0.1, 0.15) is 0 Å². The van der Waals surface area contributed by atoms with Gasteiger partial charge in [-0.1, -0.05) is 26.2 Å². The van der Waals surface area contributed by atoms with Crippen LogP contribution in [0.15, 0.2) is 18.2 Å². The van der Waals surface area contributed by atoms with Crippen molar-refractivity contribution in [3.8, 4) is 0 Å². The molecule has 0 bridgehead atoms. The molecule has 1 amide bonds. The van der Waals surface area contributed by atoms with Gasteiger partial charge < -0.3 is 15.8 Å². The van der Waals surface area contributed by atoms with Crippen LogP contribution in [0.3, 0.4) is 0 Å². The third-order valence-electron chi connectivity index (χ3n) is 3.14. The zero-order valence-corrected chi connectivity index (χ0v) is 12.6. The van der Waals surface area contributed by atoms with Crippen LogP contribution in [0.25, 0.3) is 0 Å². The van der Waals surface area contributed by atoms with Crippen molar-refractivity contribution >= 4 is 17.3 Å². The summed E-state index contributed by atoms with van der Waals surface area (Å²) in [4.78, 5) is 11.8. The Morgan fingerprint density at radius 2 is 2.05 bits per heavy atom. The number of amides is 1. The first-order valence-corrected chi connectivity index (χ1v) is 7.37. The minimum atomic E-state index is -0.0218. The van der Waals surface area contributed by atoms with Gasteiger partial charge in [0.05, 0.1) is 13.0 Å². The van der Waals surface area contributed by atoms with E-state index in [1.54, 1.807) is 6.07 Å². The van der Waals surface area contributed by atoms with Gasteiger partial charge in [0.25, 0.3) is 0 Å². The van der Waals surface area contributed by atoms with Crippen LogP contribution in [-0.4, -0.2) is 19.1 Å². The lowest BCUT2D eigenvalue weighted by atomic mass is 10.2. The van der Waals surface area contributed by atoms with Crippen molar-refractivity contribution in [3.63, 3.8) is 0 Å². The summed E-state index contributed by atoms with van der Waals surface area (Å²) < 4.78 is 5.46. The number of nitrogens with two attached hydrogens (primary N) is 1. The lowest BCUT2D eigenvalue weighted by Gasteiger charge is -2.09. The Balaban J connectivity index is 2.17. The van der Waals surface area contributed by atoms with Crippen LogP contribution in [-0.2, 0) is 9.53 Å². The highest BCUT2D eigenvalue weighted by Gasteiger charge is 2.04. The molecule has 0 spiro atoms. The minimum absolute atomic E-state index is 0.0218. The fraction of sp³-hybridized carbons (Fsp3) is 0.562. The van der Waals surface area contributed by atoms with E-state index in [9.17, 15) is 4.79 Å². The van der Waals surface area contributed by atoms with Gasteiger partial charge in [-0.2, -0.15) is 0 Å². The standard InChI is InChI=1S/C16H26N2O2/c1-3-4-5-6-10-20-11-9-16(19)18-15-8-7-14(17)12-13(15)2/h7-8,12H,3-6,9-11,17H2,1-2H3,(H,18,19). The summed E-state index contributed by atoms with van der Waals surface area (Å²) in [6, 6.07) is 5.46. The van der Waals surface area contributed by atoms with E-state index in [-0.39, 0.29) is 5.91 Å². The van der Waals surface area contributed by atoms with E-state index in [1.165, 1.54) is 19.3 Å². The highest BCUT2D eigenvalue weighted by Crippen LogP contribution is 2.17. The van der Waals surface area contributed by atoms with Crippen LogP contribution in [0.1, 0.15) is 44.6 Å². The van der Waals surface area contributed by atoms with Crippen molar-refractivity contribution in [3.05, 3.63) is 23.8 Å². The van der Waals surface area contributed by atoms with Crippen molar-refractivity contribution in [2.75, 3.05) is 24.3 Å². The number of ether oxygens (including phenoxy) is 1. The van der Waals surface area contributed by atoms with Crippen LogP contribution >= 0.6 is 0 Å². The quantitative estimate of drug-likeness (QED) is 0.536. The number of rotatable bonds is 9. The molecule has 4 heteroatoms. The number of nitrogen functional groups attached to an aromatic ring is 1. The van der Waals surface area contributed by atoms with Gasteiger partial charge in [0.2, 0.25) is 5.91 Å². The molecule has 0 unspecified atom stereocenters. The Kier molecular flexibility index (Phi) is 7.73. The molecular formula is C16H26N2O2. The molecule has 0 saturated heterocycles. The van der Waals surface area contributed by atoms with Gasteiger partial charge in [0, 0.05) is 18.0 Å². The molecule has 0 atom stereocenters. The number of hydrogen-bond acceptors (Lipinski definition) is 3. The Morgan fingerprint density at radius 3 is 2.75 bits per heavy atom. The van der Waals surface area contributed by atoms with Crippen molar-refractivity contribution in [2.24, 2.45) is 0 Å². The third kappa shape index (κ3) is 6.57. The fourth-order valence-corrected chi connectivity index (χ4v) is 1.94. The number of anilines is 2. The molecule has 1 rings (SSSR count). The van der Waals surface area contributed by atoms with Crippen LogP contribution in [0.4, 0.5) is 11.4 Å². The number of aryl methyl sites for hydroxylation is 1. The smallest absolute Gasteiger partial charge is 0.226 e. The molecule has 3 N–H and O–H groups in total. The van der Waals surface area contributed by atoms with E-state index < -0.39 is 0 Å². The molecule has 0 radical (unpaired) electrons. The molecule has 112 valence electrons. The van der Waals surface area contributed by atoms with E-state index >= 15 is 0 Å². The Labute approximate surface area is 121 Å². The number of carbonyl (C=O) groups excluding carboxylic acids is 1. The highest BCUT2D eigenvalue weighted by molar-refractivity contribution is 5.91. The van der Waals surface area contributed by atoms with Crippen LogP contribution in [0.2, 0.25) is 0 Å². The van der Waals surface area contributed by atoms with Gasteiger partial charge in [-0.25, -0.2) is 0 Å². The first-order chi connectivity index (χ1) is 9.63. The molecule has 0 fully saturated rings.